The van der Waals surface area contributed by atoms with Gasteiger partial charge in [-0.3, -0.25) is 0 Å². The van der Waals surface area contributed by atoms with Gasteiger partial charge in [0, 0.05) is 19.2 Å². The van der Waals surface area contributed by atoms with Crippen LogP contribution in [0, 0.1) is 5.92 Å². The van der Waals surface area contributed by atoms with Gasteiger partial charge in [-0.1, -0.05) is 13.8 Å². The molecular weight excluding hydrogens is 150 g/mol. The van der Waals surface area contributed by atoms with Gasteiger partial charge in [0.2, 0.25) is 0 Å². The van der Waals surface area contributed by atoms with Crippen LogP contribution in [0.2, 0.25) is 0 Å². The van der Waals surface area contributed by atoms with Crippen molar-refractivity contribution in [2.75, 3.05) is 7.11 Å². The molecule has 0 spiro atoms. The third-order valence-electron chi connectivity index (χ3n) is 2.93. The molecular formula is C10H21NO. The van der Waals surface area contributed by atoms with E-state index in [4.69, 9.17) is 4.74 Å². The summed E-state index contributed by atoms with van der Waals surface area (Å²) in [7, 11) is 1.80. The summed E-state index contributed by atoms with van der Waals surface area (Å²) in [6.07, 6.45) is 2.89. The minimum atomic E-state index is 0.516. The lowest BCUT2D eigenvalue weighted by atomic mass is 9.88. The van der Waals surface area contributed by atoms with Gasteiger partial charge in [0.25, 0.3) is 0 Å². The third-order valence-corrected chi connectivity index (χ3v) is 2.93. The van der Waals surface area contributed by atoms with E-state index < -0.39 is 0 Å². The van der Waals surface area contributed by atoms with Crippen LogP contribution in [-0.4, -0.2) is 25.3 Å². The van der Waals surface area contributed by atoms with Crippen LogP contribution in [0.25, 0.3) is 0 Å². The molecule has 0 amide bonds. The normalized spacial score (nSPS) is 31.8. The van der Waals surface area contributed by atoms with E-state index in [9.17, 15) is 0 Å². The molecule has 0 saturated heterocycles. The number of hydrogen-bond acceptors (Lipinski definition) is 2. The molecule has 1 aliphatic rings. The Labute approximate surface area is 75.7 Å². The summed E-state index contributed by atoms with van der Waals surface area (Å²) in [4.78, 5) is 0. The first-order valence-corrected chi connectivity index (χ1v) is 4.92. The molecule has 1 saturated carbocycles. The van der Waals surface area contributed by atoms with Gasteiger partial charge in [0.15, 0.2) is 0 Å². The zero-order valence-electron chi connectivity index (χ0n) is 8.63. The number of rotatable bonds is 4. The molecule has 2 heteroatoms. The second-order valence-corrected chi connectivity index (χ2v) is 4.23. The van der Waals surface area contributed by atoms with Crippen molar-refractivity contribution in [2.45, 2.75) is 51.8 Å². The van der Waals surface area contributed by atoms with E-state index in [2.05, 4.69) is 26.1 Å². The summed E-state index contributed by atoms with van der Waals surface area (Å²) >= 11 is 0. The first-order valence-electron chi connectivity index (χ1n) is 4.92. The van der Waals surface area contributed by atoms with Crippen molar-refractivity contribution < 1.29 is 4.74 Å². The van der Waals surface area contributed by atoms with E-state index in [1.807, 2.05) is 0 Å². The van der Waals surface area contributed by atoms with E-state index in [0.717, 1.165) is 5.92 Å². The van der Waals surface area contributed by atoms with Gasteiger partial charge >= 0.3 is 0 Å². The van der Waals surface area contributed by atoms with Gasteiger partial charge in [-0.15, -0.1) is 0 Å². The quantitative estimate of drug-likeness (QED) is 0.696. The highest BCUT2D eigenvalue weighted by Gasteiger charge is 2.29. The molecule has 0 bridgehead atoms. The highest BCUT2D eigenvalue weighted by molar-refractivity contribution is 4.87. The fraction of sp³-hybridized carbons (Fsp3) is 1.00. The first-order chi connectivity index (χ1) is 5.63. The molecule has 1 atom stereocenters. The number of ether oxygens (including phenoxy) is 1. The van der Waals surface area contributed by atoms with Crippen molar-refractivity contribution >= 4 is 0 Å². The Morgan fingerprint density at radius 1 is 1.25 bits per heavy atom. The monoisotopic (exact) mass is 171 g/mol. The van der Waals surface area contributed by atoms with E-state index in [1.54, 1.807) is 7.11 Å². The first kappa shape index (κ1) is 10.0. The van der Waals surface area contributed by atoms with Crippen molar-refractivity contribution in [1.82, 2.24) is 5.32 Å². The Kier molecular flexibility index (Phi) is 3.53. The Morgan fingerprint density at radius 3 is 2.25 bits per heavy atom. The number of methoxy groups -OCH3 is 1. The van der Waals surface area contributed by atoms with E-state index in [0.29, 0.717) is 18.2 Å². The fourth-order valence-electron chi connectivity index (χ4n) is 1.46. The Bertz CT molecular complexity index is 130. The van der Waals surface area contributed by atoms with Gasteiger partial charge in [-0.05, 0) is 25.7 Å². The van der Waals surface area contributed by atoms with Crippen LogP contribution >= 0.6 is 0 Å². The molecule has 1 N–H and O–H groups in total. The summed E-state index contributed by atoms with van der Waals surface area (Å²) in [6, 6.07) is 1.33. The Morgan fingerprint density at radius 2 is 1.83 bits per heavy atom. The number of hydrogen-bond donors (Lipinski definition) is 1. The van der Waals surface area contributed by atoms with Crippen LogP contribution < -0.4 is 5.32 Å². The lowest BCUT2D eigenvalue weighted by Crippen LogP contribution is -2.49. The molecule has 0 heterocycles. The molecule has 0 aliphatic heterocycles. The second kappa shape index (κ2) is 4.24. The second-order valence-electron chi connectivity index (χ2n) is 4.23. The van der Waals surface area contributed by atoms with Gasteiger partial charge in [-0.25, -0.2) is 0 Å². The van der Waals surface area contributed by atoms with Crippen LogP contribution in [0.5, 0.6) is 0 Å². The van der Waals surface area contributed by atoms with Gasteiger partial charge in [-0.2, -0.15) is 0 Å². The summed E-state index contributed by atoms with van der Waals surface area (Å²) in [5.41, 5.74) is 0. The minimum absolute atomic E-state index is 0.516. The van der Waals surface area contributed by atoms with Crippen LogP contribution in [0.3, 0.4) is 0 Å². The van der Waals surface area contributed by atoms with Crippen molar-refractivity contribution in [3.8, 4) is 0 Å². The molecule has 1 fully saturated rings. The number of nitrogens with one attached hydrogen (secondary N) is 1. The maximum atomic E-state index is 5.22. The molecule has 0 aromatic rings. The standard InChI is InChI=1S/C10H21NO/c1-7(2)8(3)11-9-5-10(6-9)12-4/h7-11H,5-6H2,1-4H3. The van der Waals surface area contributed by atoms with Crippen molar-refractivity contribution in [3.63, 3.8) is 0 Å². The average molecular weight is 171 g/mol. The Hall–Kier alpha value is -0.0800. The lowest BCUT2D eigenvalue weighted by Gasteiger charge is -2.37. The molecule has 0 radical (unpaired) electrons. The van der Waals surface area contributed by atoms with E-state index in [1.165, 1.54) is 12.8 Å². The maximum Gasteiger partial charge on any atom is 0.0601 e. The molecule has 72 valence electrons. The molecule has 0 aromatic carbocycles. The summed E-state index contributed by atoms with van der Waals surface area (Å²) < 4.78 is 5.22. The summed E-state index contributed by atoms with van der Waals surface area (Å²) in [5, 5.41) is 3.60. The highest BCUT2D eigenvalue weighted by atomic mass is 16.5. The predicted molar refractivity (Wildman–Crippen MR) is 51.3 cm³/mol. The SMILES string of the molecule is COC1CC(NC(C)C(C)C)C1. The molecule has 12 heavy (non-hydrogen) atoms. The van der Waals surface area contributed by atoms with Crippen molar-refractivity contribution in [3.05, 3.63) is 0 Å². The Balaban J connectivity index is 2.10. The van der Waals surface area contributed by atoms with Gasteiger partial charge in [0.1, 0.15) is 0 Å². The van der Waals surface area contributed by atoms with Crippen LogP contribution in [0.4, 0.5) is 0 Å². The fourth-order valence-corrected chi connectivity index (χ4v) is 1.46. The van der Waals surface area contributed by atoms with Crippen LogP contribution in [0.15, 0.2) is 0 Å². The summed E-state index contributed by atoms with van der Waals surface area (Å²) in [6.45, 7) is 6.76. The zero-order valence-corrected chi connectivity index (χ0v) is 8.63. The third kappa shape index (κ3) is 2.46. The molecule has 2 nitrogen and oxygen atoms in total. The smallest absolute Gasteiger partial charge is 0.0601 e. The van der Waals surface area contributed by atoms with E-state index in [-0.39, 0.29) is 0 Å². The zero-order chi connectivity index (χ0) is 9.14. The molecule has 1 rings (SSSR count). The minimum Gasteiger partial charge on any atom is -0.381 e. The average Bonchev–Trinajstić information content (AvgIpc) is 1.94. The van der Waals surface area contributed by atoms with Crippen molar-refractivity contribution in [2.24, 2.45) is 5.92 Å². The van der Waals surface area contributed by atoms with E-state index >= 15 is 0 Å². The van der Waals surface area contributed by atoms with Crippen molar-refractivity contribution in [1.29, 1.82) is 0 Å². The molecule has 1 unspecified atom stereocenters. The highest BCUT2D eigenvalue weighted by Crippen LogP contribution is 2.23. The topological polar surface area (TPSA) is 21.3 Å². The largest absolute Gasteiger partial charge is 0.381 e. The van der Waals surface area contributed by atoms with Gasteiger partial charge in [0.05, 0.1) is 6.10 Å². The summed E-state index contributed by atoms with van der Waals surface area (Å²) in [5.74, 6) is 0.728. The van der Waals surface area contributed by atoms with Crippen LogP contribution in [0.1, 0.15) is 33.6 Å². The lowest BCUT2D eigenvalue weighted by molar-refractivity contribution is 0.0132. The molecule has 1 aliphatic carbocycles. The van der Waals surface area contributed by atoms with Gasteiger partial charge < -0.3 is 10.1 Å². The molecule has 0 aromatic heterocycles. The predicted octanol–water partition coefficient (Wildman–Crippen LogP) is 1.80. The van der Waals surface area contributed by atoms with Crippen LogP contribution in [-0.2, 0) is 4.74 Å². The maximum absolute atomic E-state index is 5.22.